The van der Waals surface area contributed by atoms with E-state index in [1.165, 1.54) is 0 Å². The number of amides is 1. The summed E-state index contributed by atoms with van der Waals surface area (Å²) < 4.78 is 4.89. The number of nitrogens with zero attached hydrogens (tertiary/aromatic N) is 1. The van der Waals surface area contributed by atoms with Crippen LogP contribution in [-0.2, 0) is 11.2 Å². The van der Waals surface area contributed by atoms with Gasteiger partial charge in [0.2, 0.25) is 5.91 Å². The van der Waals surface area contributed by atoms with Crippen molar-refractivity contribution in [3.63, 3.8) is 0 Å². The first-order chi connectivity index (χ1) is 9.20. The number of carbonyl (C=O) groups excluding carboxylic acids is 1. The molecule has 1 amide bonds. The molecule has 96 valence electrons. The molecule has 0 aliphatic carbocycles. The van der Waals surface area contributed by atoms with Gasteiger partial charge in [-0.25, -0.2) is 0 Å². The lowest BCUT2D eigenvalue weighted by atomic mass is 10.1. The first-order valence-electron chi connectivity index (χ1n) is 6.00. The number of hydrogen-bond donors (Lipinski definition) is 2. The summed E-state index contributed by atoms with van der Waals surface area (Å²) in [6.07, 6.45) is 2.19. The highest BCUT2D eigenvalue weighted by molar-refractivity contribution is 5.92. The molecule has 3 aromatic rings. The fraction of sp³-hybridized carbons (Fsp3) is 0.143. The van der Waals surface area contributed by atoms with Gasteiger partial charge in [0.25, 0.3) is 0 Å². The fourth-order valence-electron chi connectivity index (χ4n) is 2.01. The second-order valence-corrected chi connectivity index (χ2v) is 4.45. The third kappa shape index (κ3) is 2.49. The predicted molar refractivity (Wildman–Crippen MR) is 71.9 cm³/mol. The van der Waals surface area contributed by atoms with Crippen LogP contribution in [0.3, 0.4) is 0 Å². The van der Waals surface area contributed by atoms with E-state index >= 15 is 0 Å². The first-order valence-corrected chi connectivity index (χ1v) is 6.00. The van der Waals surface area contributed by atoms with E-state index < -0.39 is 0 Å². The van der Waals surface area contributed by atoms with Crippen LogP contribution in [0.5, 0.6) is 0 Å². The number of aromatic nitrogens is 2. The van der Waals surface area contributed by atoms with Crippen molar-refractivity contribution in [2.75, 3.05) is 5.32 Å². The summed E-state index contributed by atoms with van der Waals surface area (Å²) in [5.74, 6) is 1.01. The molecule has 0 bridgehead atoms. The third-order valence-corrected chi connectivity index (χ3v) is 2.88. The lowest BCUT2D eigenvalue weighted by molar-refractivity contribution is -0.115. The Morgan fingerprint density at radius 2 is 2.26 bits per heavy atom. The first kappa shape index (κ1) is 11.5. The molecule has 0 aliphatic rings. The minimum Gasteiger partial charge on any atom is -0.361 e. The summed E-state index contributed by atoms with van der Waals surface area (Å²) in [6, 6.07) is 9.58. The molecule has 3 rings (SSSR count). The Bertz CT molecular complexity index is 727. The van der Waals surface area contributed by atoms with Crippen molar-refractivity contribution in [3.8, 4) is 0 Å². The number of anilines is 1. The van der Waals surface area contributed by atoms with E-state index in [1.807, 2.05) is 30.5 Å². The van der Waals surface area contributed by atoms with E-state index in [4.69, 9.17) is 4.52 Å². The maximum atomic E-state index is 11.9. The van der Waals surface area contributed by atoms with E-state index in [0.717, 1.165) is 16.5 Å². The fourth-order valence-corrected chi connectivity index (χ4v) is 2.01. The molecule has 0 atom stereocenters. The van der Waals surface area contributed by atoms with Crippen LogP contribution in [0.1, 0.15) is 11.3 Å². The summed E-state index contributed by atoms with van der Waals surface area (Å²) in [6.45, 7) is 1.78. The van der Waals surface area contributed by atoms with Crippen molar-refractivity contribution in [2.45, 2.75) is 13.3 Å². The number of aromatic amines is 1. The minimum absolute atomic E-state index is 0.108. The van der Waals surface area contributed by atoms with E-state index in [2.05, 4.69) is 15.5 Å². The lowest BCUT2D eigenvalue weighted by Gasteiger charge is -2.02. The van der Waals surface area contributed by atoms with Crippen molar-refractivity contribution in [1.29, 1.82) is 0 Å². The zero-order chi connectivity index (χ0) is 13.2. The van der Waals surface area contributed by atoms with E-state index in [-0.39, 0.29) is 5.91 Å². The molecule has 0 spiro atoms. The molecule has 0 aliphatic heterocycles. The number of H-pyrrole nitrogens is 1. The lowest BCUT2D eigenvalue weighted by Crippen LogP contribution is -2.14. The van der Waals surface area contributed by atoms with Crippen molar-refractivity contribution in [1.82, 2.24) is 10.1 Å². The van der Waals surface area contributed by atoms with Crippen LogP contribution < -0.4 is 5.32 Å². The van der Waals surface area contributed by atoms with E-state index in [1.54, 1.807) is 13.0 Å². The highest BCUT2D eigenvalue weighted by atomic mass is 16.5. The molecule has 5 heteroatoms. The van der Waals surface area contributed by atoms with Gasteiger partial charge in [0.05, 0.1) is 6.42 Å². The normalized spacial score (nSPS) is 10.8. The molecule has 0 saturated heterocycles. The second kappa shape index (κ2) is 4.61. The van der Waals surface area contributed by atoms with Crippen molar-refractivity contribution in [3.05, 3.63) is 47.9 Å². The maximum Gasteiger partial charge on any atom is 0.230 e. The number of carbonyl (C=O) groups is 1. The standard InChI is InChI=1S/C14H13N3O2/c1-9-6-13(17-19-9)16-14(18)8-10-2-3-12-11(7-10)4-5-15-12/h2-7,15H,8H2,1H3,(H,16,17,18). The summed E-state index contributed by atoms with van der Waals surface area (Å²) in [4.78, 5) is 15.0. The zero-order valence-corrected chi connectivity index (χ0v) is 10.4. The Balaban J connectivity index is 1.71. The highest BCUT2D eigenvalue weighted by Crippen LogP contribution is 2.15. The molecule has 1 aromatic carbocycles. The number of hydrogen-bond acceptors (Lipinski definition) is 3. The van der Waals surface area contributed by atoms with Crippen molar-refractivity contribution in [2.24, 2.45) is 0 Å². The van der Waals surface area contributed by atoms with Gasteiger partial charge >= 0.3 is 0 Å². The van der Waals surface area contributed by atoms with Gasteiger partial charge in [-0.05, 0) is 36.1 Å². The number of nitrogens with one attached hydrogen (secondary N) is 2. The van der Waals surface area contributed by atoms with Crippen molar-refractivity contribution >= 4 is 22.6 Å². The van der Waals surface area contributed by atoms with Gasteiger partial charge in [-0.15, -0.1) is 0 Å². The monoisotopic (exact) mass is 255 g/mol. The van der Waals surface area contributed by atoms with E-state index in [9.17, 15) is 4.79 Å². The Kier molecular flexibility index (Phi) is 2.79. The molecule has 0 radical (unpaired) electrons. The number of fused-ring (bicyclic) bond motifs is 1. The smallest absolute Gasteiger partial charge is 0.230 e. The molecule has 2 aromatic heterocycles. The molecule has 2 heterocycles. The van der Waals surface area contributed by atoms with E-state index in [0.29, 0.717) is 18.0 Å². The third-order valence-electron chi connectivity index (χ3n) is 2.88. The molecule has 0 saturated carbocycles. The highest BCUT2D eigenvalue weighted by Gasteiger charge is 2.07. The average Bonchev–Trinajstić information content (AvgIpc) is 2.97. The molecule has 0 unspecified atom stereocenters. The van der Waals surface area contributed by atoms with Gasteiger partial charge in [-0.2, -0.15) is 0 Å². The number of aryl methyl sites for hydroxylation is 1. The van der Waals surface area contributed by atoms with Crippen LogP contribution >= 0.6 is 0 Å². The van der Waals surface area contributed by atoms with Crippen LogP contribution in [0.25, 0.3) is 10.9 Å². The van der Waals surface area contributed by atoms with Gasteiger partial charge in [0.15, 0.2) is 5.82 Å². The SMILES string of the molecule is Cc1cc(NC(=O)Cc2ccc3[nH]ccc3c2)no1. The Labute approximate surface area is 109 Å². The number of rotatable bonds is 3. The summed E-state index contributed by atoms with van der Waals surface area (Å²) in [5, 5.41) is 7.53. The molecule has 0 fully saturated rings. The van der Waals surface area contributed by atoms with Gasteiger partial charge < -0.3 is 14.8 Å². The van der Waals surface area contributed by atoms with Gasteiger partial charge in [0, 0.05) is 17.8 Å². The second-order valence-electron chi connectivity index (χ2n) is 4.45. The van der Waals surface area contributed by atoms with Crippen LogP contribution in [0.4, 0.5) is 5.82 Å². The summed E-state index contributed by atoms with van der Waals surface area (Å²) >= 11 is 0. The number of benzene rings is 1. The summed E-state index contributed by atoms with van der Waals surface area (Å²) in [7, 11) is 0. The van der Waals surface area contributed by atoms with Crippen LogP contribution in [0, 0.1) is 6.92 Å². The van der Waals surface area contributed by atoms with Crippen LogP contribution in [0.15, 0.2) is 41.1 Å². The Morgan fingerprint density at radius 3 is 3.05 bits per heavy atom. The van der Waals surface area contributed by atoms with Crippen LogP contribution in [-0.4, -0.2) is 16.0 Å². The predicted octanol–water partition coefficient (Wildman–Crippen LogP) is 2.65. The average molecular weight is 255 g/mol. The van der Waals surface area contributed by atoms with Gasteiger partial charge in [-0.1, -0.05) is 11.2 Å². The van der Waals surface area contributed by atoms with Gasteiger partial charge in [0.1, 0.15) is 5.76 Å². The molecule has 5 nitrogen and oxygen atoms in total. The quantitative estimate of drug-likeness (QED) is 0.755. The topological polar surface area (TPSA) is 70.9 Å². The van der Waals surface area contributed by atoms with Crippen molar-refractivity contribution < 1.29 is 9.32 Å². The molecule has 2 N–H and O–H groups in total. The van der Waals surface area contributed by atoms with Crippen LogP contribution in [0.2, 0.25) is 0 Å². The Hall–Kier alpha value is -2.56. The van der Waals surface area contributed by atoms with Gasteiger partial charge in [-0.3, -0.25) is 4.79 Å². The molecule has 19 heavy (non-hydrogen) atoms. The summed E-state index contributed by atoms with van der Waals surface area (Å²) in [5.41, 5.74) is 2.03. The zero-order valence-electron chi connectivity index (χ0n) is 10.4. The Morgan fingerprint density at radius 1 is 1.37 bits per heavy atom. The largest absolute Gasteiger partial charge is 0.361 e. The maximum absolute atomic E-state index is 11.9. The molecular formula is C14H13N3O2. The molecular weight excluding hydrogens is 242 g/mol. The minimum atomic E-state index is -0.108.